The van der Waals surface area contributed by atoms with E-state index in [-0.39, 0.29) is 6.04 Å². The zero-order valence-corrected chi connectivity index (χ0v) is 8.62. The molecule has 2 unspecified atom stereocenters. The van der Waals surface area contributed by atoms with E-state index >= 15 is 0 Å². The third-order valence-electron chi connectivity index (χ3n) is 2.93. The molecule has 1 aliphatic heterocycles. The lowest BCUT2D eigenvalue weighted by Gasteiger charge is -2.26. The Morgan fingerprint density at radius 2 is 2.43 bits per heavy atom. The summed E-state index contributed by atoms with van der Waals surface area (Å²) in [4.78, 5) is 0. The molecule has 0 spiro atoms. The van der Waals surface area contributed by atoms with Gasteiger partial charge >= 0.3 is 0 Å². The fourth-order valence-corrected chi connectivity index (χ4v) is 2.05. The van der Waals surface area contributed by atoms with Crippen LogP contribution in [0.5, 0.6) is 0 Å². The van der Waals surface area contributed by atoms with Gasteiger partial charge in [0.25, 0.3) is 0 Å². The van der Waals surface area contributed by atoms with Gasteiger partial charge in [0.1, 0.15) is 11.5 Å². The van der Waals surface area contributed by atoms with Crippen LogP contribution in [-0.2, 0) is 0 Å². The van der Waals surface area contributed by atoms with Crippen LogP contribution in [0.25, 0.3) is 0 Å². The van der Waals surface area contributed by atoms with Gasteiger partial charge < -0.3 is 15.5 Å². The molecule has 1 aromatic heterocycles. The van der Waals surface area contributed by atoms with Crippen molar-refractivity contribution >= 4 is 0 Å². The number of hydrogen-bond donors (Lipinski definition) is 2. The zero-order valence-electron chi connectivity index (χ0n) is 8.62. The smallest absolute Gasteiger partial charge is 0.121 e. The largest absolute Gasteiger partial charge is 0.465 e. The second-order valence-electron chi connectivity index (χ2n) is 4.08. The Kier molecular flexibility index (Phi) is 2.89. The first-order valence-electron chi connectivity index (χ1n) is 5.30. The predicted molar refractivity (Wildman–Crippen MR) is 56.0 cm³/mol. The van der Waals surface area contributed by atoms with Gasteiger partial charge in [-0.05, 0) is 50.9 Å². The highest BCUT2D eigenvalue weighted by Gasteiger charge is 2.23. The van der Waals surface area contributed by atoms with Crippen LogP contribution in [-0.4, -0.2) is 13.1 Å². The van der Waals surface area contributed by atoms with Crippen LogP contribution in [0.2, 0.25) is 0 Å². The first-order valence-corrected chi connectivity index (χ1v) is 5.30. The van der Waals surface area contributed by atoms with E-state index in [4.69, 9.17) is 10.2 Å². The predicted octanol–water partition coefficient (Wildman–Crippen LogP) is 1.59. The van der Waals surface area contributed by atoms with Crippen LogP contribution >= 0.6 is 0 Å². The van der Waals surface area contributed by atoms with Crippen molar-refractivity contribution in [3.63, 3.8) is 0 Å². The first kappa shape index (κ1) is 9.74. The summed E-state index contributed by atoms with van der Waals surface area (Å²) in [5.74, 6) is 2.39. The molecular weight excluding hydrogens is 176 g/mol. The summed E-state index contributed by atoms with van der Waals surface area (Å²) >= 11 is 0. The average molecular weight is 194 g/mol. The van der Waals surface area contributed by atoms with Crippen LogP contribution in [0.1, 0.15) is 30.4 Å². The summed E-state index contributed by atoms with van der Waals surface area (Å²) in [6, 6.07) is 4.02. The van der Waals surface area contributed by atoms with Crippen LogP contribution in [0.4, 0.5) is 0 Å². The topological polar surface area (TPSA) is 51.2 Å². The molecule has 1 saturated heterocycles. The Labute approximate surface area is 84.7 Å². The van der Waals surface area contributed by atoms with Crippen molar-refractivity contribution in [2.75, 3.05) is 13.1 Å². The third kappa shape index (κ3) is 1.99. The molecule has 0 bridgehead atoms. The maximum absolute atomic E-state index is 6.15. The molecule has 1 aliphatic rings. The van der Waals surface area contributed by atoms with Gasteiger partial charge in [-0.15, -0.1) is 0 Å². The maximum atomic E-state index is 6.15. The van der Waals surface area contributed by atoms with Crippen molar-refractivity contribution < 1.29 is 4.42 Å². The molecule has 1 fully saturated rings. The van der Waals surface area contributed by atoms with Crippen LogP contribution < -0.4 is 11.1 Å². The second kappa shape index (κ2) is 4.15. The molecule has 2 atom stereocenters. The van der Waals surface area contributed by atoms with Crippen LogP contribution in [0.3, 0.4) is 0 Å². The highest BCUT2D eigenvalue weighted by Crippen LogP contribution is 2.26. The average Bonchev–Trinajstić information content (AvgIpc) is 2.65. The van der Waals surface area contributed by atoms with E-state index in [1.807, 2.05) is 19.1 Å². The van der Waals surface area contributed by atoms with Crippen molar-refractivity contribution in [2.45, 2.75) is 25.8 Å². The van der Waals surface area contributed by atoms with E-state index < -0.39 is 0 Å². The van der Waals surface area contributed by atoms with E-state index in [0.717, 1.165) is 24.6 Å². The summed E-state index contributed by atoms with van der Waals surface area (Å²) in [5.41, 5.74) is 6.15. The Bertz CT molecular complexity index is 289. The molecule has 0 saturated carbocycles. The molecule has 1 aromatic rings. The summed E-state index contributed by atoms with van der Waals surface area (Å²) < 4.78 is 5.55. The fraction of sp³-hybridized carbons (Fsp3) is 0.636. The highest BCUT2D eigenvalue weighted by molar-refractivity contribution is 5.10. The van der Waals surface area contributed by atoms with Crippen molar-refractivity contribution in [2.24, 2.45) is 11.7 Å². The molecule has 3 nitrogen and oxygen atoms in total. The van der Waals surface area contributed by atoms with Gasteiger partial charge in [-0.25, -0.2) is 0 Å². The Morgan fingerprint density at radius 3 is 3.00 bits per heavy atom. The number of aryl methyl sites for hydroxylation is 1. The third-order valence-corrected chi connectivity index (χ3v) is 2.93. The minimum absolute atomic E-state index is 0.0523. The normalized spacial score (nSPS) is 24.9. The number of piperidine rings is 1. The number of nitrogens with two attached hydrogens (primary N) is 1. The standard InChI is InChI=1S/C11H18N2O/c1-8-4-5-10(14-8)11(12)9-3-2-6-13-7-9/h4-5,9,11,13H,2-3,6-7,12H2,1H3. The van der Waals surface area contributed by atoms with E-state index in [0.29, 0.717) is 5.92 Å². The first-order chi connectivity index (χ1) is 6.77. The zero-order chi connectivity index (χ0) is 9.97. The molecule has 0 aromatic carbocycles. The SMILES string of the molecule is Cc1ccc(C(N)C2CCCNC2)o1. The minimum atomic E-state index is 0.0523. The van der Waals surface area contributed by atoms with Crippen molar-refractivity contribution in [1.82, 2.24) is 5.32 Å². The van der Waals surface area contributed by atoms with Gasteiger partial charge in [0, 0.05) is 0 Å². The number of rotatable bonds is 2. The van der Waals surface area contributed by atoms with E-state index in [9.17, 15) is 0 Å². The molecule has 0 amide bonds. The van der Waals surface area contributed by atoms with E-state index in [1.165, 1.54) is 12.8 Å². The molecule has 0 radical (unpaired) electrons. The van der Waals surface area contributed by atoms with Gasteiger partial charge in [0.2, 0.25) is 0 Å². The van der Waals surface area contributed by atoms with Crippen LogP contribution in [0.15, 0.2) is 16.5 Å². The minimum Gasteiger partial charge on any atom is -0.465 e. The summed E-state index contributed by atoms with van der Waals surface area (Å²) in [6.07, 6.45) is 2.42. The van der Waals surface area contributed by atoms with E-state index in [1.54, 1.807) is 0 Å². The monoisotopic (exact) mass is 194 g/mol. The fourth-order valence-electron chi connectivity index (χ4n) is 2.05. The lowest BCUT2D eigenvalue weighted by Crippen LogP contribution is -2.36. The summed E-state index contributed by atoms with van der Waals surface area (Å²) in [5, 5.41) is 3.37. The molecule has 0 aliphatic carbocycles. The molecule has 2 heterocycles. The van der Waals surface area contributed by atoms with Gasteiger partial charge in [-0.3, -0.25) is 0 Å². The van der Waals surface area contributed by atoms with Gasteiger partial charge in [0.05, 0.1) is 6.04 Å². The molecule has 14 heavy (non-hydrogen) atoms. The van der Waals surface area contributed by atoms with Gasteiger partial charge in [-0.2, -0.15) is 0 Å². The lowest BCUT2D eigenvalue weighted by molar-refractivity contribution is 0.293. The van der Waals surface area contributed by atoms with Crippen molar-refractivity contribution in [1.29, 1.82) is 0 Å². The van der Waals surface area contributed by atoms with Crippen molar-refractivity contribution in [3.05, 3.63) is 23.7 Å². The Balaban J connectivity index is 2.03. The lowest BCUT2D eigenvalue weighted by atomic mass is 9.91. The Morgan fingerprint density at radius 1 is 1.57 bits per heavy atom. The molecule has 2 rings (SSSR count). The van der Waals surface area contributed by atoms with Crippen molar-refractivity contribution in [3.8, 4) is 0 Å². The summed E-state index contributed by atoms with van der Waals surface area (Å²) in [7, 11) is 0. The van der Waals surface area contributed by atoms with Gasteiger partial charge in [0.15, 0.2) is 0 Å². The highest BCUT2D eigenvalue weighted by atomic mass is 16.3. The molecule has 3 heteroatoms. The number of furan rings is 1. The molecule has 78 valence electrons. The quantitative estimate of drug-likeness (QED) is 0.751. The number of hydrogen-bond acceptors (Lipinski definition) is 3. The number of nitrogens with one attached hydrogen (secondary N) is 1. The molecular formula is C11H18N2O. The maximum Gasteiger partial charge on any atom is 0.121 e. The van der Waals surface area contributed by atoms with Crippen LogP contribution in [0, 0.1) is 12.8 Å². The Hall–Kier alpha value is -0.800. The van der Waals surface area contributed by atoms with E-state index in [2.05, 4.69) is 5.32 Å². The molecule has 3 N–H and O–H groups in total. The second-order valence-corrected chi connectivity index (χ2v) is 4.08. The van der Waals surface area contributed by atoms with Gasteiger partial charge in [-0.1, -0.05) is 0 Å². The summed E-state index contributed by atoms with van der Waals surface area (Å²) in [6.45, 7) is 4.09.